The summed E-state index contributed by atoms with van der Waals surface area (Å²) in [6.07, 6.45) is 4.02. The number of amides is 1. The Kier molecular flexibility index (Phi) is 5.34. The highest BCUT2D eigenvalue weighted by atomic mass is 16.2. The summed E-state index contributed by atoms with van der Waals surface area (Å²) in [5.41, 5.74) is 1.93. The predicted molar refractivity (Wildman–Crippen MR) is 93.8 cm³/mol. The van der Waals surface area contributed by atoms with E-state index < -0.39 is 0 Å². The zero-order chi connectivity index (χ0) is 16.2. The molecule has 0 radical (unpaired) electrons. The molecule has 1 unspecified atom stereocenters. The Morgan fingerprint density at radius 1 is 1.09 bits per heavy atom. The number of piperidine rings is 1. The molecule has 0 spiro atoms. The molecule has 0 N–H and O–H groups in total. The molecule has 4 heteroatoms. The zero-order valence-electron chi connectivity index (χ0n) is 14.5. The van der Waals surface area contributed by atoms with E-state index in [0.717, 1.165) is 43.9 Å². The second kappa shape index (κ2) is 7.45. The summed E-state index contributed by atoms with van der Waals surface area (Å²) in [5, 5.41) is 0. The highest BCUT2D eigenvalue weighted by Crippen LogP contribution is 2.18. The van der Waals surface area contributed by atoms with E-state index in [0.29, 0.717) is 6.04 Å². The molecular weight excluding hydrogens is 286 g/mol. The Morgan fingerprint density at radius 3 is 2.52 bits per heavy atom. The van der Waals surface area contributed by atoms with E-state index in [4.69, 9.17) is 0 Å². The summed E-state index contributed by atoms with van der Waals surface area (Å²) in [4.78, 5) is 19.7. The lowest BCUT2D eigenvalue weighted by atomic mass is 10.0. The molecule has 0 aliphatic carbocycles. The lowest BCUT2D eigenvalue weighted by Crippen LogP contribution is -2.53. The molecule has 2 aliphatic heterocycles. The number of benzene rings is 1. The van der Waals surface area contributed by atoms with Crippen molar-refractivity contribution in [1.82, 2.24) is 14.7 Å². The van der Waals surface area contributed by atoms with E-state index >= 15 is 0 Å². The first kappa shape index (κ1) is 16.5. The van der Waals surface area contributed by atoms with Crippen LogP contribution >= 0.6 is 0 Å². The molecule has 3 rings (SSSR count). The van der Waals surface area contributed by atoms with Crippen LogP contribution in [0.25, 0.3) is 0 Å². The molecule has 2 heterocycles. The van der Waals surface area contributed by atoms with Gasteiger partial charge in [0.15, 0.2) is 0 Å². The monoisotopic (exact) mass is 315 g/mol. The van der Waals surface area contributed by atoms with Gasteiger partial charge in [-0.3, -0.25) is 9.69 Å². The summed E-state index contributed by atoms with van der Waals surface area (Å²) in [7, 11) is 2.25. The number of nitrogens with zero attached hydrogens (tertiary/aromatic N) is 3. The highest BCUT2D eigenvalue weighted by molar-refractivity contribution is 5.95. The van der Waals surface area contributed by atoms with Gasteiger partial charge in [-0.25, -0.2) is 0 Å². The van der Waals surface area contributed by atoms with E-state index in [1.165, 1.54) is 25.8 Å². The number of hydrogen-bond donors (Lipinski definition) is 0. The fraction of sp³-hybridized carbons (Fsp3) is 0.632. The van der Waals surface area contributed by atoms with Gasteiger partial charge in [0.2, 0.25) is 0 Å². The van der Waals surface area contributed by atoms with Crippen molar-refractivity contribution in [3.63, 3.8) is 0 Å². The molecule has 2 aliphatic rings. The van der Waals surface area contributed by atoms with E-state index in [-0.39, 0.29) is 5.91 Å². The van der Waals surface area contributed by atoms with Crippen LogP contribution < -0.4 is 0 Å². The Hall–Kier alpha value is -1.39. The summed E-state index contributed by atoms with van der Waals surface area (Å²) in [5.74, 6) is 0.192. The van der Waals surface area contributed by atoms with Crippen molar-refractivity contribution in [2.45, 2.75) is 32.2 Å². The van der Waals surface area contributed by atoms with Crippen molar-refractivity contribution in [2.24, 2.45) is 0 Å². The van der Waals surface area contributed by atoms with Crippen molar-refractivity contribution in [3.05, 3.63) is 35.4 Å². The third-order valence-corrected chi connectivity index (χ3v) is 5.43. The summed E-state index contributed by atoms with van der Waals surface area (Å²) < 4.78 is 0. The lowest BCUT2D eigenvalue weighted by molar-refractivity contribution is 0.0564. The predicted octanol–water partition coefficient (Wildman–Crippen LogP) is 2.24. The van der Waals surface area contributed by atoms with E-state index in [2.05, 4.69) is 16.8 Å². The van der Waals surface area contributed by atoms with Gasteiger partial charge >= 0.3 is 0 Å². The van der Waals surface area contributed by atoms with E-state index in [1.54, 1.807) is 0 Å². The number of hydrogen-bond acceptors (Lipinski definition) is 3. The minimum atomic E-state index is 0.192. The van der Waals surface area contributed by atoms with E-state index in [1.807, 2.05) is 36.1 Å². The Labute approximate surface area is 140 Å². The first-order chi connectivity index (χ1) is 11.1. The van der Waals surface area contributed by atoms with Gasteiger partial charge in [0.25, 0.3) is 5.91 Å². The average Bonchev–Trinajstić information content (AvgIpc) is 2.57. The summed E-state index contributed by atoms with van der Waals surface area (Å²) >= 11 is 0. The maximum atomic E-state index is 12.7. The quantitative estimate of drug-likeness (QED) is 0.856. The van der Waals surface area contributed by atoms with Crippen LogP contribution in [0.3, 0.4) is 0 Å². The van der Waals surface area contributed by atoms with Gasteiger partial charge in [0.05, 0.1) is 0 Å². The molecule has 1 aromatic rings. The van der Waals surface area contributed by atoms with Crippen molar-refractivity contribution < 1.29 is 4.79 Å². The van der Waals surface area contributed by atoms with Gasteiger partial charge < -0.3 is 9.80 Å². The summed E-state index contributed by atoms with van der Waals surface area (Å²) in [6, 6.07) is 8.60. The maximum absolute atomic E-state index is 12.7. The third-order valence-electron chi connectivity index (χ3n) is 5.43. The number of aryl methyl sites for hydroxylation is 1. The molecule has 0 aromatic heterocycles. The van der Waals surface area contributed by atoms with Crippen molar-refractivity contribution in [1.29, 1.82) is 0 Å². The molecule has 2 fully saturated rings. The first-order valence-corrected chi connectivity index (χ1v) is 8.92. The largest absolute Gasteiger partial charge is 0.336 e. The smallest absolute Gasteiger partial charge is 0.254 e. The Morgan fingerprint density at radius 2 is 1.83 bits per heavy atom. The molecule has 1 aromatic carbocycles. The van der Waals surface area contributed by atoms with Crippen LogP contribution in [0.2, 0.25) is 0 Å². The van der Waals surface area contributed by atoms with Crippen LogP contribution in [0, 0.1) is 6.92 Å². The number of likely N-dealkylation sites (N-methyl/N-ethyl adjacent to an activating group) is 1. The molecule has 126 valence electrons. The molecule has 0 bridgehead atoms. The van der Waals surface area contributed by atoms with Crippen LogP contribution in [-0.2, 0) is 0 Å². The Bertz CT molecular complexity index is 537. The molecule has 4 nitrogen and oxygen atoms in total. The number of likely N-dealkylation sites (tertiary alicyclic amines) is 1. The summed E-state index contributed by atoms with van der Waals surface area (Å²) in [6.45, 7) is 8.11. The second-order valence-electron chi connectivity index (χ2n) is 7.04. The minimum Gasteiger partial charge on any atom is -0.336 e. The highest BCUT2D eigenvalue weighted by Gasteiger charge is 2.26. The van der Waals surface area contributed by atoms with Gasteiger partial charge in [0.1, 0.15) is 0 Å². The first-order valence-electron chi connectivity index (χ1n) is 8.92. The molecule has 0 saturated carbocycles. The standard InChI is InChI=1S/C19H29N3O/c1-16-7-3-4-9-18(16)19(23)22-13-11-21(12-14-22)15-17-8-5-6-10-20(17)2/h3-4,7,9,17H,5-6,8,10-15H2,1-2H3. The van der Waals surface area contributed by atoms with Crippen LogP contribution in [-0.4, -0.2) is 73.0 Å². The molecular formula is C19H29N3O. The van der Waals surface area contributed by atoms with Gasteiger partial charge in [0, 0.05) is 44.3 Å². The van der Waals surface area contributed by atoms with Gasteiger partial charge in [-0.2, -0.15) is 0 Å². The Balaban J connectivity index is 1.52. The zero-order valence-corrected chi connectivity index (χ0v) is 14.5. The molecule has 1 atom stereocenters. The minimum absolute atomic E-state index is 0.192. The van der Waals surface area contributed by atoms with Gasteiger partial charge in [-0.15, -0.1) is 0 Å². The van der Waals surface area contributed by atoms with E-state index in [9.17, 15) is 4.79 Å². The number of rotatable bonds is 3. The molecule has 2 saturated heterocycles. The van der Waals surface area contributed by atoms with Crippen LogP contribution in [0.1, 0.15) is 35.2 Å². The van der Waals surface area contributed by atoms with Crippen LogP contribution in [0.5, 0.6) is 0 Å². The number of carbonyl (C=O) groups excluding carboxylic acids is 1. The normalized spacial score (nSPS) is 23.9. The van der Waals surface area contributed by atoms with Crippen LogP contribution in [0.15, 0.2) is 24.3 Å². The average molecular weight is 315 g/mol. The molecule has 1 amide bonds. The van der Waals surface area contributed by atoms with Crippen LogP contribution in [0.4, 0.5) is 0 Å². The number of carbonyl (C=O) groups is 1. The fourth-order valence-corrected chi connectivity index (χ4v) is 3.79. The maximum Gasteiger partial charge on any atom is 0.254 e. The number of piperazine rings is 1. The fourth-order valence-electron chi connectivity index (χ4n) is 3.79. The van der Waals surface area contributed by atoms with Gasteiger partial charge in [-0.1, -0.05) is 24.6 Å². The van der Waals surface area contributed by atoms with Crippen molar-refractivity contribution >= 4 is 5.91 Å². The van der Waals surface area contributed by atoms with Crippen molar-refractivity contribution in [2.75, 3.05) is 46.3 Å². The van der Waals surface area contributed by atoms with Gasteiger partial charge in [-0.05, 0) is 45.0 Å². The second-order valence-corrected chi connectivity index (χ2v) is 7.04. The lowest BCUT2D eigenvalue weighted by Gasteiger charge is -2.40. The topological polar surface area (TPSA) is 26.8 Å². The van der Waals surface area contributed by atoms with Crippen molar-refractivity contribution in [3.8, 4) is 0 Å². The third kappa shape index (κ3) is 3.93. The molecule has 23 heavy (non-hydrogen) atoms. The SMILES string of the molecule is Cc1ccccc1C(=O)N1CCN(CC2CCCCN2C)CC1.